The molecule has 1 atom stereocenters. The van der Waals surface area contributed by atoms with Crippen LogP contribution in [0.2, 0.25) is 0 Å². The van der Waals surface area contributed by atoms with Crippen molar-refractivity contribution in [2.75, 3.05) is 7.11 Å². The average Bonchev–Trinajstić information content (AvgIpc) is 2.98. The van der Waals surface area contributed by atoms with Crippen molar-refractivity contribution >= 4 is 32.1 Å². The molecule has 0 aliphatic heterocycles. The molecule has 98 valence electrons. The molecule has 0 saturated heterocycles. The summed E-state index contributed by atoms with van der Waals surface area (Å²) in [6, 6.07) is 8.21. The molecule has 1 unspecified atom stereocenters. The molecule has 1 aromatic carbocycles. The lowest BCUT2D eigenvalue weighted by Gasteiger charge is -2.14. The minimum atomic E-state index is -0.366. The molecule has 2 nitrogen and oxygen atoms in total. The molecule has 3 rings (SSSR count). The minimum absolute atomic E-state index is 0.301. The maximum absolute atomic E-state index is 13.4. The fraction of sp³-hybridized carbons (Fsp3) is 0.143. The van der Waals surface area contributed by atoms with E-state index in [-0.39, 0.29) is 11.9 Å². The van der Waals surface area contributed by atoms with E-state index in [1.807, 2.05) is 0 Å². The van der Waals surface area contributed by atoms with Gasteiger partial charge in [-0.15, -0.1) is 22.7 Å². The minimum Gasteiger partial charge on any atom is -0.496 e. The first-order valence-electron chi connectivity index (χ1n) is 5.75. The molecule has 0 spiro atoms. The molecule has 0 fully saturated rings. The van der Waals surface area contributed by atoms with Gasteiger partial charge in [0.1, 0.15) is 11.6 Å². The van der Waals surface area contributed by atoms with E-state index in [1.54, 1.807) is 35.8 Å². The number of benzene rings is 1. The van der Waals surface area contributed by atoms with Crippen LogP contribution in [0.25, 0.3) is 9.40 Å². The standard InChI is InChI=1S/C14H12FNOS2/c1-17-10-3-2-8(15)6-9(10)14(16)13-7-12-11(19-13)4-5-18-12/h2-7,14H,16H2,1H3. The molecule has 0 saturated carbocycles. The van der Waals surface area contributed by atoms with Gasteiger partial charge >= 0.3 is 0 Å². The van der Waals surface area contributed by atoms with Gasteiger partial charge in [0.05, 0.1) is 13.2 Å². The van der Waals surface area contributed by atoms with Crippen LogP contribution in [0, 0.1) is 5.82 Å². The van der Waals surface area contributed by atoms with Crippen LogP contribution in [-0.2, 0) is 0 Å². The highest BCUT2D eigenvalue weighted by Gasteiger charge is 2.17. The zero-order valence-electron chi connectivity index (χ0n) is 10.2. The van der Waals surface area contributed by atoms with Gasteiger partial charge < -0.3 is 10.5 Å². The molecule has 2 N–H and O–H groups in total. The van der Waals surface area contributed by atoms with Gasteiger partial charge in [-0.3, -0.25) is 0 Å². The largest absolute Gasteiger partial charge is 0.496 e. The van der Waals surface area contributed by atoms with E-state index in [4.69, 9.17) is 10.5 Å². The molecule has 5 heteroatoms. The number of hydrogen-bond acceptors (Lipinski definition) is 4. The Bertz CT molecular complexity index is 691. The molecule has 19 heavy (non-hydrogen) atoms. The smallest absolute Gasteiger partial charge is 0.124 e. The van der Waals surface area contributed by atoms with E-state index in [2.05, 4.69) is 17.5 Å². The van der Waals surface area contributed by atoms with E-state index >= 15 is 0 Å². The van der Waals surface area contributed by atoms with Gasteiger partial charge in [0.2, 0.25) is 0 Å². The Labute approximate surface area is 118 Å². The molecule has 0 radical (unpaired) electrons. The summed E-state index contributed by atoms with van der Waals surface area (Å²) in [7, 11) is 1.57. The van der Waals surface area contributed by atoms with E-state index in [0.29, 0.717) is 11.3 Å². The summed E-state index contributed by atoms with van der Waals surface area (Å²) in [4.78, 5) is 1.02. The third kappa shape index (κ3) is 2.25. The van der Waals surface area contributed by atoms with Crippen molar-refractivity contribution in [3.8, 4) is 5.75 Å². The molecule has 0 amide bonds. The van der Waals surface area contributed by atoms with Crippen molar-refractivity contribution in [1.82, 2.24) is 0 Å². The first kappa shape index (κ1) is 12.6. The van der Waals surface area contributed by atoms with Crippen LogP contribution in [0.4, 0.5) is 4.39 Å². The van der Waals surface area contributed by atoms with Crippen LogP contribution in [0.15, 0.2) is 35.7 Å². The zero-order valence-corrected chi connectivity index (χ0v) is 11.9. The van der Waals surface area contributed by atoms with E-state index in [9.17, 15) is 4.39 Å². The van der Waals surface area contributed by atoms with Gasteiger partial charge in [0.25, 0.3) is 0 Å². The van der Waals surface area contributed by atoms with Gasteiger partial charge in [-0.05, 0) is 35.7 Å². The fourth-order valence-corrected chi connectivity index (χ4v) is 4.18. The summed E-state index contributed by atoms with van der Waals surface area (Å²) in [6.07, 6.45) is 0. The van der Waals surface area contributed by atoms with Gasteiger partial charge in [0, 0.05) is 19.8 Å². The molecule has 0 aliphatic rings. The first-order chi connectivity index (χ1) is 9.19. The average molecular weight is 293 g/mol. The van der Waals surface area contributed by atoms with E-state index in [0.717, 1.165) is 4.88 Å². The van der Waals surface area contributed by atoms with Crippen LogP contribution in [0.5, 0.6) is 5.75 Å². The second-order valence-electron chi connectivity index (χ2n) is 4.16. The molecular formula is C14H12FNOS2. The molecule has 0 bridgehead atoms. The van der Waals surface area contributed by atoms with Crippen molar-refractivity contribution in [2.24, 2.45) is 5.73 Å². The Balaban J connectivity index is 2.05. The lowest BCUT2D eigenvalue weighted by molar-refractivity contribution is 0.406. The predicted octanol–water partition coefficient (Wildman–Crippen LogP) is 4.16. The highest BCUT2D eigenvalue weighted by molar-refractivity contribution is 7.27. The second kappa shape index (κ2) is 4.92. The third-order valence-electron chi connectivity index (χ3n) is 2.99. The number of hydrogen-bond donors (Lipinski definition) is 1. The number of methoxy groups -OCH3 is 1. The van der Waals surface area contributed by atoms with Crippen molar-refractivity contribution in [2.45, 2.75) is 6.04 Å². The normalized spacial score (nSPS) is 12.8. The number of halogens is 1. The predicted molar refractivity (Wildman–Crippen MR) is 78.7 cm³/mol. The lowest BCUT2D eigenvalue weighted by Crippen LogP contribution is -2.12. The van der Waals surface area contributed by atoms with Gasteiger partial charge in [-0.2, -0.15) is 0 Å². The summed E-state index contributed by atoms with van der Waals surface area (Å²) < 4.78 is 21.1. The van der Waals surface area contributed by atoms with Crippen molar-refractivity contribution in [1.29, 1.82) is 0 Å². The van der Waals surface area contributed by atoms with Gasteiger partial charge in [-0.1, -0.05) is 0 Å². The van der Waals surface area contributed by atoms with E-state index in [1.165, 1.54) is 21.5 Å². The molecule has 2 aromatic heterocycles. The monoisotopic (exact) mass is 293 g/mol. The van der Waals surface area contributed by atoms with Gasteiger partial charge in [-0.25, -0.2) is 4.39 Å². The topological polar surface area (TPSA) is 35.2 Å². The summed E-state index contributed by atoms with van der Waals surface area (Å²) in [5, 5.41) is 2.05. The molecule has 0 aliphatic carbocycles. The molecular weight excluding hydrogens is 281 g/mol. The van der Waals surface area contributed by atoms with Crippen molar-refractivity contribution in [3.05, 3.63) is 52.0 Å². The zero-order chi connectivity index (χ0) is 13.4. The number of fused-ring (bicyclic) bond motifs is 1. The number of nitrogens with two attached hydrogens (primary N) is 1. The van der Waals surface area contributed by atoms with Gasteiger partial charge in [0.15, 0.2) is 0 Å². The number of rotatable bonds is 3. The van der Waals surface area contributed by atoms with Crippen LogP contribution in [0.1, 0.15) is 16.5 Å². The summed E-state index contributed by atoms with van der Waals surface area (Å²) in [5.41, 5.74) is 6.93. The Morgan fingerprint density at radius 2 is 2.05 bits per heavy atom. The first-order valence-corrected chi connectivity index (χ1v) is 7.44. The number of ether oxygens (including phenoxy) is 1. The molecule has 3 aromatic rings. The Morgan fingerprint density at radius 3 is 2.79 bits per heavy atom. The molecule has 2 heterocycles. The maximum Gasteiger partial charge on any atom is 0.124 e. The van der Waals surface area contributed by atoms with Crippen LogP contribution in [-0.4, -0.2) is 7.11 Å². The number of thiophene rings is 2. The Kier molecular flexibility index (Phi) is 3.26. The van der Waals surface area contributed by atoms with Crippen LogP contribution < -0.4 is 10.5 Å². The maximum atomic E-state index is 13.4. The van der Waals surface area contributed by atoms with Crippen molar-refractivity contribution < 1.29 is 9.13 Å². The summed E-state index contributed by atoms with van der Waals surface area (Å²) in [6.45, 7) is 0. The van der Waals surface area contributed by atoms with Crippen molar-refractivity contribution in [3.63, 3.8) is 0 Å². The SMILES string of the molecule is COc1ccc(F)cc1C(N)c1cc2sccc2s1. The fourth-order valence-electron chi connectivity index (χ4n) is 2.04. The third-order valence-corrected chi connectivity index (χ3v) is 5.17. The van der Waals surface area contributed by atoms with Crippen LogP contribution >= 0.6 is 22.7 Å². The quantitative estimate of drug-likeness (QED) is 0.787. The Morgan fingerprint density at radius 1 is 1.21 bits per heavy atom. The summed E-state index contributed by atoms with van der Waals surface area (Å²) in [5.74, 6) is 0.315. The van der Waals surface area contributed by atoms with Crippen LogP contribution in [0.3, 0.4) is 0 Å². The van der Waals surface area contributed by atoms with E-state index < -0.39 is 0 Å². The summed E-state index contributed by atoms with van der Waals surface area (Å²) >= 11 is 3.32. The second-order valence-corrected chi connectivity index (χ2v) is 6.22. The highest BCUT2D eigenvalue weighted by atomic mass is 32.1. The Hall–Kier alpha value is -1.43. The lowest BCUT2D eigenvalue weighted by atomic mass is 10.0. The highest BCUT2D eigenvalue weighted by Crippen LogP contribution is 2.37.